The molecule has 0 radical (unpaired) electrons. The van der Waals surface area contributed by atoms with Gasteiger partial charge in [0.15, 0.2) is 0 Å². The van der Waals surface area contributed by atoms with Gasteiger partial charge in [-0.05, 0) is 19.8 Å². The lowest BCUT2D eigenvalue weighted by atomic mass is 9.79. The fourth-order valence-corrected chi connectivity index (χ4v) is 4.67. The predicted octanol–water partition coefficient (Wildman–Crippen LogP) is 2.78. The standard InChI is InChI=1S/C16H28N4OS/c1-13(15-19-18-14(2)21-15)17-12-16(6-4-3-5-7-16)20-8-10-22-11-9-20/h13,17H,3-12H2,1-2H3. The van der Waals surface area contributed by atoms with E-state index in [0.29, 0.717) is 17.3 Å². The zero-order valence-corrected chi connectivity index (χ0v) is 14.6. The average Bonchev–Trinajstić information content (AvgIpc) is 3.01. The van der Waals surface area contributed by atoms with E-state index >= 15 is 0 Å². The van der Waals surface area contributed by atoms with E-state index < -0.39 is 0 Å². The van der Waals surface area contributed by atoms with Crippen molar-refractivity contribution in [2.45, 2.75) is 57.5 Å². The molecule has 0 spiro atoms. The largest absolute Gasteiger partial charge is 0.424 e. The fourth-order valence-electron chi connectivity index (χ4n) is 3.77. The molecule has 1 aliphatic heterocycles. The van der Waals surface area contributed by atoms with Gasteiger partial charge in [0.05, 0.1) is 6.04 Å². The van der Waals surface area contributed by atoms with Crippen LogP contribution in [-0.4, -0.2) is 51.8 Å². The molecule has 5 nitrogen and oxygen atoms in total. The molecule has 3 rings (SSSR count). The Hall–Kier alpha value is -0.590. The van der Waals surface area contributed by atoms with Crippen LogP contribution in [0.2, 0.25) is 0 Å². The number of aryl methyl sites for hydroxylation is 1. The highest BCUT2D eigenvalue weighted by Crippen LogP contribution is 2.35. The summed E-state index contributed by atoms with van der Waals surface area (Å²) in [4.78, 5) is 2.75. The molecule has 6 heteroatoms. The van der Waals surface area contributed by atoms with E-state index in [0.717, 1.165) is 6.54 Å². The molecule has 1 N–H and O–H groups in total. The number of thioether (sulfide) groups is 1. The molecule has 22 heavy (non-hydrogen) atoms. The molecule has 1 aliphatic carbocycles. The highest BCUT2D eigenvalue weighted by Gasteiger charge is 2.38. The molecule has 1 saturated carbocycles. The molecule has 124 valence electrons. The summed E-state index contributed by atoms with van der Waals surface area (Å²) in [6.45, 7) is 7.47. The van der Waals surface area contributed by atoms with Crippen molar-refractivity contribution in [3.63, 3.8) is 0 Å². The third kappa shape index (κ3) is 3.66. The molecule has 1 saturated heterocycles. The van der Waals surface area contributed by atoms with Gasteiger partial charge in [0.25, 0.3) is 0 Å². The summed E-state index contributed by atoms with van der Waals surface area (Å²) in [7, 11) is 0. The third-order valence-corrected chi connectivity index (χ3v) is 6.06. The zero-order valence-electron chi connectivity index (χ0n) is 13.8. The summed E-state index contributed by atoms with van der Waals surface area (Å²) in [5.74, 6) is 3.90. The molecule has 0 aromatic carbocycles. The van der Waals surface area contributed by atoms with Gasteiger partial charge in [0.1, 0.15) is 0 Å². The van der Waals surface area contributed by atoms with E-state index in [1.165, 1.54) is 56.7 Å². The van der Waals surface area contributed by atoms with E-state index in [1.807, 2.05) is 6.92 Å². The Balaban J connectivity index is 1.64. The lowest BCUT2D eigenvalue weighted by Crippen LogP contribution is -2.58. The Morgan fingerprint density at radius 3 is 2.59 bits per heavy atom. The second-order valence-corrected chi connectivity index (χ2v) is 7.87. The Morgan fingerprint density at radius 2 is 1.95 bits per heavy atom. The van der Waals surface area contributed by atoms with Gasteiger partial charge in [-0.25, -0.2) is 0 Å². The molecule has 1 unspecified atom stereocenters. The van der Waals surface area contributed by atoms with Crippen LogP contribution in [0.5, 0.6) is 0 Å². The molecule has 1 aromatic rings. The second kappa shape index (κ2) is 7.32. The van der Waals surface area contributed by atoms with E-state index in [9.17, 15) is 0 Å². The van der Waals surface area contributed by atoms with Crippen LogP contribution < -0.4 is 5.32 Å². The van der Waals surface area contributed by atoms with Gasteiger partial charge in [-0.2, -0.15) is 11.8 Å². The van der Waals surface area contributed by atoms with Crippen LogP contribution in [0.3, 0.4) is 0 Å². The van der Waals surface area contributed by atoms with Crippen molar-refractivity contribution < 1.29 is 4.42 Å². The Bertz CT molecular complexity index is 466. The lowest BCUT2D eigenvalue weighted by molar-refractivity contribution is 0.0556. The van der Waals surface area contributed by atoms with Gasteiger partial charge >= 0.3 is 0 Å². The lowest BCUT2D eigenvalue weighted by Gasteiger charge is -2.48. The minimum Gasteiger partial charge on any atom is -0.424 e. The van der Waals surface area contributed by atoms with Gasteiger partial charge in [-0.15, -0.1) is 10.2 Å². The Labute approximate surface area is 137 Å². The van der Waals surface area contributed by atoms with E-state index in [-0.39, 0.29) is 6.04 Å². The van der Waals surface area contributed by atoms with Crippen LogP contribution in [0.1, 0.15) is 56.9 Å². The minimum atomic E-state index is 0.124. The molecular weight excluding hydrogens is 296 g/mol. The third-order valence-electron chi connectivity index (χ3n) is 5.12. The number of hydrogen-bond acceptors (Lipinski definition) is 6. The number of hydrogen-bond donors (Lipinski definition) is 1. The Morgan fingerprint density at radius 1 is 1.23 bits per heavy atom. The van der Waals surface area contributed by atoms with Crippen molar-refractivity contribution in [1.82, 2.24) is 20.4 Å². The number of nitrogens with one attached hydrogen (secondary N) is 1. The maximum Gasteiger partial charge on any atom is 0.233 e. The molecule has 1 atom stereocenters. The molecular formula is C16H28N4OS. The van der Waals surface area contributed by atoms with Crippen LogP contribution >= 0.6 is 11.8 Å². The molecule has 2 fully saturated rings. The first-order valence-corrected chi connectivity index (χ1v) is 9.71. The van der Waals surface area contributed by atoms with Crippen molar-refractivity contribution >= 4 is 11.8 Å². The van der Waals surface area contributed by atoms with Crippen molar-refractivity contribution in [3.8, 4) is 0 Å². The normalized spacial score (nSPS) is 24.3. The topological polar surface area (TPSA) is 54.2 Å². The Kier molecular flexibility index (Phi) is 5.42. The van der Waals surface area contributed by atoms with Crippen LogP contribution in [0.25, 0.3) is 0 Å². The highest BCUT2D eigenvalue weighted by atomic mass is 32.2. The van der Waals surface area contributed by atoms with Crippen LogP contribution in [-0.2, 0) is 0 Å². The summed E-state index contributed by atoms with van der Waals surface area (Å²) in [6.07, 6.45) is 6.75. The zero-order chi connectivity index (χ0) is 15.4. The summed E-state index contributed by atoms with van der Waals surface area (Å²) in [6, 6.07) is 0.124. The molecule has 2 heterocycles. The SMILES string of the molecule is Cc1nnc(C(C)NCC2(N3CCSCC3)CCCCC2)o1. The smallest absolute Gasteiger partial charge is 0.233 e. The van der Waals surface area contributed by atoms with Crippen LogP contribution in [0.4, 0.5) is 0 Å². The number of rotatable bonds is 5. The quantitative estimate of drug-likeness (QED) is 0.899. The molecule has 1 aromatic heterocycles. The molecule has 0 bridgehead atoms. The van der Waals surface area contributed by atoms with E-state index in [4.69, 9.17) is 4.42 Å². The van der Waals surface area contributed by atoms with Gasteiger partial charge in [0, 0.05) is 43.6 Å². The first-order valence-electron chi connectivity index (χ1n) is 8.56. The fraction of sp³-hybridized carbons (Fsp3) is 0.875. The van der Waals surface area contributed by atoms with E-state index in [2.05, 4.69) is 39.1 Å². The summed E-state index contributed by atoms with van der Waals surface area (Å²) in [5, 5.41) is 11.8. The van der Waals surface area contributed by atoms with Gasteiger partial charge in [0.2, 0.25) is 11.8 Å². The van der Waals surface area contributed by atoms with Gasteiger partial charge < -0.3 is 9.73 Å². The summed E-state index contributed by atoms with van der Waals surface area (Å²) < 4.78 is 5.56. The minimum absolute atomic E-state index is 0.124. The van der Waals surface area contributed by atoms with Gasteiger partial charge in [-0.3, -0.25) is 4.90 Å². The monoisotopic (exact) mass is 324 g/mol. The number of aromatic nitrogens is 2. The average molecular weight is 324 g/mol. The van der Waals surface area contributed by atoms with Crippen LogP contribution in [0.15, 0.2) is 4.42 Å². The second-order valence-electron chi connectivity index (χ2n) is 6.65. The van der Waals surface area contributed by atoms with Crippen molar-refractivity contribution in [2.24, 2.45) is 0 Å². The van der Waals surface area contributed by atoms with E-state index in [1.54, 1.807) is 0 Å². The predicted molar refractivity (Wildman–Crippen MR) is 90.2 cm³/mol. The van der Waals surface area contributed by atoms with Crippen molar-refractivity contribution in [2.75, 3.05) is 31.1 Å². The van der Waals surface area contributed by atoms with Crippen LogP contribution in [0, 0.1) is 6.92 Å². The first-order chi connectivity index (χ1) is 10.7. The highest BCUT2D eigenvalue weighted by molar-refractivity contribution is 7.99. The molecule has 2 aliphatic rings. The molecule has 0 amide bonds. The first kappa shape index (κ1) is 16.3. The summed E-state index contributed by atoms with van der Waals surface area (Å²) >= 11 is 2.09. The van der Waals surface area contributed by atoms with Crippen molar-refractivity contribution in [1.29, 1.82) is 0 Å². The van der Waals surface area contributed by atoms with Crippen molar-refractivity contribution in [3.05, 3.63) is 11.8 Å². The maximum atomic E-state index is 5.56. The summed E-state index contributed by atoms with van der Waals surface area (Å²) in [5.41, 5.74) is 0.336. The van der Waals surface area contributed by atoms with Gasteiger partial charge in [-0.1, -0.05) is 19.3 Å². The number of nitrogens with zero attached hydrogens (tertiary/aromatic N) is 3. The maximum absolute atomic E-state index is 5.56.